The zero-order valence-corrected chi connectivity index (χ0v) is 23.2. The molecule has 40 heavy (non-hydrogen) atoms. The number of piperazine rings is 1. The minimum atomic E-state index is -4.63. The third-order valence-electron chi connectivity index (χ3n) is 6.51. The van der Waals surface area contributed by atoms with Crippen molar-refractivity contribution in [3.8, 4) is 0 Å². The van der Waals surface area contributed by atoms with Gasteiger partial charge in [-0.2, -0.15) is 17.5 Å². The highest BCUT2D eigenvalue weighted by molar-refractivity contribution is 7.89. The van der Waals surface area contributed by atoms with Crippen LogP contribution in [0, 0.1) is 0 Å². The van der Waals surface area contributed by atoms with E-state index in [0.717, 1.165) is 38.9 Å². The highest BCUT2D eigenvalue weighted by Gasteiger charge is 2.41. The number of rotatable bonds is 8. The second-order valence-corrected chi connectivity index (χ2v) is 12.4. The van der Waals surface area contributed by atoms with Crippen molar-refractivity contribution in [3.63, 3.8) is 0 Å². The summed E-state index contributed by atoms with van der Waals surface area (Å²) in [5.41, 5.74) is 0.927. The predicted molar refractivity (Wildman–Crippen MR) is 143 cm³/mol. The van der Waals surface area contributed by atoms with Gasteiger partial charge in [0, 0.05) is 26.2 Å². The summed E-state index contributed by atoms with van der Waals surface area (Å²) in [7, 11) is -4.36. The van der Waals surface area contributed by atoms with Gasteiger partial charge < -0.3 is 15.3 Å². The van der Waals surface area contributed by atoms with Crippen LogP contribution >= 0.6 is 11.3 Å². The zero-order chi connectivity index (χ0) is 29.2. The predicted octanol–water partition coefficient (Wildman–Crippen LogP) is 4.18. The van der Waals surface area contributed by atoms with Gasteiger partial charge in [0.15, 0.2) is 5.13 Å². The van der Waals surface area contributed by atoms with Crippen LogP contribution in [-0.4, -0.2) is 60.4 Å². The van der Waals surface area contributed by atoms with Crippen molar-refractivity contribution < 1.29 is 36.3 Å². The first kappa shape index (κ1) is 29.5. The number of carbonyl (C=O) groups excluding carboxylic acids is 1. The molecule has 1 aromatic heterocycles. The summed E-state index contributed by atoms with van der Waals surface area (Å²) >= 11 is 0.893. The number of aromatic nitrogens is 1. The Morgan fingerprint density at radius 2 is 1.75 bits per heavy atom. The average Bonchev–Trinajstić information content (AvgIpc) is 3.42. The van der Waals surface area contributed by atoms with Crippen LogP contribution < -0.4 is 10.2 Å². The number of nitrogens with zero attached hydrogens (tertiary/aromatic N) is 3. The minimum absolute atomic E-state index is 0.0133. The number of halogens is 3. The number of anilines is 1. The van der Waals surface area contributed by atoms with Gasteiger partial charge in [-0.3, -0.25) is 4.79 Å². The molecule has 4 rings (SSSR count). The van der Waals surface area contributed by atoms with Crippen LogP contribution in [0.3, 0.4) is 0 Å². The summed E-state index contributed by atoms with van der Waals surface area (Å²) in [5, 5.41) is 12.3. The van der Waals surface area contributed by atoms with Crippen molar-refractivity contribution >= 4 is 38.4 Å². The van der Waals surface area contributed by atoms with Gasteiger partial charge in [-0.25, -0.2) is 18.2 Å². The SMILES string of the molecule is CC(C)c1ccc(CNC(=O)[C@H]2CN(c3ncc(C(=O)O)s3)CCN2S(=O)(=O)c2ccc(C(F)(F)F)cc2)cc1. The van der Waals surface area contributed by atoms with Crippen LogP contribution in [0.5, 0.6) is 0 Å². The maximum absolute atomic E-state index is 13.5. The van der Waals surface area contributed by atoms with Crippen molar-refractivity contribution in [2.45, 2.75) is 43.4 Å². The molecule has 14 heteroatoms. The van der Waals surface area contributed by atoms with Gasteiger partial charge in [-0.05, 0) is 41.3 Å². The Balaban J connectivity index is 1.59. The molecule has 2 N–H and O–H groups in total. The van der Waals surface area contributed by atoms with Gasteiger partial charge in [-0.1, -0.05) is 49.4 Å². The minimum Gasteiger partial charge on any atom is -0.477 e. The number of amides is 1. The van der Waals surface area contributed by atoms with Crippen LogP contribution in [0.25, 0.3) is 0 Å². The van der Waals surface area contributed by atoms with Crippen LogP contribution in [0.4, 0.5) is 18.3 Å². The fourth-order valence-electron chi connectivity index (χ4n) is 4.23. The van der Waals surface area contributed by atoms with Gasteiger partial charge in [0.1, 0.15) is 10.9 Å². The third-order valence-corrected chi connectivity index (χ3v) is 9.48. The molecule has 1 amide bonds. The lowest BCUT2D eigenvalue weighted by atomic mass is 10.0. The van der Waals surface area contributed by atoms with Gasteiger partial charge in [-0.15, -0.1) is 0 Å². The number of carbonyl (C=O) groups is 2. The second kappa shape index (κ2) is 11.6. The fraction of sp³-hybridized carbons (Fsp3) is 0.346. The quantitative estimate of drug-likeness (QED) is 0.400. The number of alkyl halides is 3. The van der Waals surface area contributed by atoms with Gasteiger partial charge in [0.2, 0.25) is 15.9 Å². The van der Waals surface area contributed by atoms with E-state index in [2.05, 4.69) is 24.1 Å². The van der Waals surface area contributed by atoms with E-state index in [-0.39, 0.29) is 36.0 Å². The topological polar surface area (TPSA) is 120 Å². The number of nitrogens with one attached hydrogen (secondary N) is 1. The summed E-state index contributed by atoms with van der Waals surface area (Å²) in [5.74, 6) is -1.44. The van der Waals surface area contributed by atoms with Crippen molar-refractivity contribution in [2.75, 3.05) is 24.5 Å². The fourth-order valence-corrected chi connectivity index (χ4v) is 6.59. The molecular weight excluding hydrogens is 569 g/mol. The number of thiazole rings is 1. The first-order chi connectivity index (χ1) is 18.8. The summed E-state index contributed by atoms with van der Waals surface area (Å²) in [6.45, 7) is 4.02. The number of sulfonamides is 1. The molecule has 9 nitrogen and oxygen atoms in total. The lowest BCUT2D eigenvalue weighted by Gasteiger charge is -2.39. The normalized spacial score (nSPS) is 16.8. The molecule has 1 saturated heterocycles. The van der Waals surface area contributed by atoms with Crippen molar-refractivity contribution in [1.29, 1.82) is 0 Å². The second-order valence-electron chi connectivity index (χ2n) is 9.53. The average molecular weight is 597 g/mol. The Labute approximate surface area is 233 Å². The molecule has 0 spiro atoms. The maximum Gasteiger partial charge on any atom is 0.416 e. The summed E-state index contributed by atoms with van der Waals surface area (Å²) in [6.07, 6.45) is -3.45. The first-order valence-electron chi connectivity index (χ1n) is 12.3. The largest absolute Gasteiger partial charge is 0.477 e. The summed E-state index contributed by atoms with van der Waals surface area (Å²) < 4.78 is 67.1. The van der Waals surface area contributed by atoms with Crippen LogP contribution in [0.2, 0.25) is 0 Å². The molecule has 214 valence electrons. The maximum atomic E-state index is 13.5. The van der Waals surface area contributed by atoms with Crippen molar-refractivity contribution in [3.05, 3.63) is 76.3 Å². The van der Waals surface area contributed by atoms with Crippen LogP contribution in [0.15, 0.2) is 59.6 Å². The number of carboxylic acids is 1. The Morgan fingerprint density at radius 1 is 1.10 bits per heavy atom. The van der Waals surface area contributed by atoms with E-state index in [9.17, 15) is 36.3 Å². The van der Waals surface area contributed by atoms with Gasteiger partial charge in [0.25, 0.3) is 0 Å². The molecular formula is C26H27F3N4O5S2. The molecule has 0 saturated carbocycles. The smallest absolute Gasteiger partial charge is 0.416 e. The van der Waals surface area contributed by atoms with Gasteiger partial charge in [0.05, 0.1) is 16.7 Å². The molecule has 2 aromatic carbocycles. The summed E-state index contributed by atoms with van der Waals surface area (Å²) in [6, 6.07) is 9.46. The van der Waals surface area contributed by atoms with E-state index in [1.807, 2.05) is 24.3 Å². The van der Waals surface area contributed by atoms with E-state index in [0.29, 0.717) is 23.2 Å². The molecule has 0 aliphatic carbocycles. The molecule has 1 aliphatic heterocycles. The van der Waals surface area contributed by atoms with E-state index in [1.165, 1.54) is 6.20 Å². The zero-order valence-electron chi connectivity index (χ0n) is 21.6. The van der Waals surface area contributed by atoms with Crippen molar-refractivity contribution in [1.82, 2.24) is 14.6 Å². The van der Waals surface area contributed by atoms with Gasteiger partial charge >= 0.3 is 12.1 Å². The van der Waals surface area contributed by atoms with Crippen molar-refractivity contribution in [2.24, 2.45) is 0 Å². The standard InChI is InChI=1S/C26H27F3N4O5S2/c1-16(2)18-5-3-17(4-6-18)13-30-23(34)21-15-32(25-31-14-22(39-25)24(35)36)11-12-33(21)40(37,38)20-9-7-19(8-10-20)26(27,28)29/h3-10,14,16,21H,11-13,15H2,1-2H3,(H,30,34)(H,35,36)/t21-/m1/s1. The molecule has 1 fully saturated rings. The van der Waals surface area contributed by atoms with Crippen LogP contribution in [0.1, 0.15) is 46.1 Å². The first-order valence-corrected chi connectivity index (χ1v) is 14.5. The molecule has 2 heterocycles. The van der Waals surface area contributed by atoms with E-state index in [4.69, 9.17) is 0 Å². The molecule has 1 aliphatic rings. The number of carboxylic acid groups (broad SMARTS) is 1. The number of aromatic carboxylic acids is 1. The summed E-state index contributed by atoms with van der Waals surface area (Å²) in [4.78, 5) is 30.1. The van der Waals surface area contributed by atoms with E-state index in [1.54, 1.807) is 4.90 Å². The van der Waals surface area contributed by atoms with Crippen LogP contribution in [-0.2, 0) is 27.5 Å². The third kappa shape index (κ3) is 6.45. The lowest BCUT2D eigenvalue weighted by Crippen LogP contribution is -2.60. The number of benzene rings is 2. The molecule has 3 aromatic rings. The molecule has 1 atom stereocenters. The monoisotopic (exact) mass is 596 g/mol. The Bertz CT molecular complexity index is 1470. The lowest BCUT2D eigenvalue weighted by molar-refractivity contribution is -0.137. The van der Waals surface area contributed by atoms with E-state index < -0.39 is 39.7 Å². The highest BCUT2D eigenvalue weighted by Crippen LogP contribution is 2.32. The Morgan fingerprint density at radius 3 is 2.30 bits per heavy atom. The Kier molecular flexibility index (Phi) is 8.52. The highest BCUT2D eigenvalue weighted by atomic mass is 32.2. The number of hydrogen-bond donors (Lipinski definition) is 2. The molecule has 0 unspecified atom stereocenters. The van der Waals surface area contributed by atoms with E-state index >= 15 is 0 Å². The molecule has 0 bridgehead atoms. The molecule has 0 radical (unpaired) electrons. The Hall–Kier alpha value is -3.49. The number of hydrogen-bond acceptors (Lipinski definition) is 7.